The minimum atomic E-state index is 1.09. The molecule has 0 N–H and O–H groups in total. The van der Waals surface area contributed by atoms with E-state index >= 15 is 0 Å². The van der Waals surface area contributed by atoms with Crippen LogP contribution in [0.3, 0.4) is 0 Å². The van der Waals surface area contributed by atoms with Gasteiger partial charge in [0.25, 0.3) is 0 Å². The predicted molar refractivity (Wildman–Crippen MR) is 65.2 cm³/mol. The number of aryl methyl sites for hydroxylation is 1. The van der Waals surface area contributed by atoms with Crippen LogP contribution in [0.15, 0.2) is 36.5 Å². The quantitative estimate of drug-likeness (QED) is 0.709. The molecule has 0 saturated heterocycles. The van der Waals surface area contributed by atoms with Crippen LogP contribution in [0, 0.1) is 0 Å². The van der Waals surface area contributed by atoms with Gasteiger partial charge in [-0.1, -0.05) is 36.8 Å². The third-order valence-corrected chi connectivity index (χ3v) is 3.32. The van der Waals surface area contributed by atoms with Gasteiger partial charge in [0.05, 0.1) is 6.20 Å². The lowest BCUT2D eigenvalue weighted by atomic mass is 10.0. The maximum atomic E-state index is 4.51. The van der Waals surface area contributed by atoms with Gasteiger partial charge in [-0.05, 0) is 24.8 Å². The van der Waals surface area contributed by atoms with Crippen molar-refractivity contribution in [3.05, 3.63) is 42.2 Å². The maximum absolute atomic E-state index is 4.51. The lowest BCUT2D eigenvalue weighted by molar-refractivity contribution is 0.576. The second-order valence-electron chi connectivity index (χ2n) is 4.40. The molecule has 2 aromatic rings. The highest BCUT2D eigenvalue weighted by molar-refractivity contribution is 5.65. The second-order valence-corrected chi connectivity index (χ2v) is 4.40. The molecule has 0 bridgehead atoms. The number of nitrogens with zero attached hydrogens (tertiary/aromatic N) is 2. The Morgan fingerprint density at radius 3 is 2.75 bits per heavy atom. The zero-order valence-corrected chi connectivity index (χ0v) is 9.39. The Morgan fingerprint density at radius 1 is 1.00 bits per heavy atom. The molecule has 0 amide bonds. The molecule has 0 radical (unpaired) electrons. The first-order valence-corrected chi connectivity index (χ1v) is 6.05. The molecule has 2 heteroatoms. The summed E-state index contributed by atoms with van der Waals surface area (Å²) in [6, 6.07) is 10.6. The number of hydrogen-bond donors (Lipinski definition) is 0. The van der Waals surface area contributed by atoms with E-state index in [1.54, 1.807) is 0 Å². The molecule has 3 rings (SSSR count). The van der Waals surface area contributed by atoms with Gasteiger partial charge >= 0.3 is 0 Å². The molecule has 2 heterocycles. The standard InChI is InChI=1S/C14H16N2/c1-3-7-12(8-4-1)13-11-15-16-10-6-2-5-9-14(13)16/h1,3-4,7-8,11H,2,5-6,9-10H2. The Morgan fingerprint density at radius 2 is 1.88 bits per heavy atom. The molecular formula is C14H16N2. The third-order valence-electron chi connectivity index (χ3n) is 3.32. The Balaban J connectivity index is 2.06. The van der Waals surface area contributed by atoms with Crippen molar-refractivity contribution in [1.29, 1.82) is 0 Å². The number of rotatable bonds is 1. The molecule has 1 aliphatic rings. The highest BCUT2D eigenvalue weighted by Crippen LogP contribution is 2.26. The zero-order chi connectivity index (χ0) is 10.8. The van der Waals surface area contributed by atoms with Crippen LogP contribution in [-0.4, -0.2) is 9.78 Å². The smallest absolute Gasteiger partial charge is 0.0571 e. The minimum Gasteiger partial charge on any atom is -0.269 e. The molecular weight excluding hydrogens is 196 g/mol. The van der Waals surface area contributed by atoms with Crippen LogP contribution < -0.4 is 0 Å². The summed E-state index contributed by atoms with van der Waals surface area (Å²) in [5.74, 6) is 0. The summed E-state index contributed by atoms with van der Waals surface area (Å²) in [5.41, 5.74) is 4.04. The highest BCUT2D eigenvalue weighted by atomic mass is 15.3. The average Bonchev–Trinajstić information content (AvgIpc) is 2.60. The van der Waals surface area contributed by atoms with E-state index in [-0.39, 0.29) is 0 Å². The van der Waals surface area contributed by atoms with Gasteiger partial charge in [0.15, 0.2) is 0 Å². The Hall–Kier alpha value is -1.57. The summed E-state index contributed by atoms with van der Waals surface area (Å²) in [6.45, 7) is 1.09. The summed E-state index contributed by atoms with van der Waals surface area (Å²) >= 11 is 0. The van der Waals surface area contributed by atoms with Crippen molar-refractivity contribution in [3.63, 3.8) is 0 Å². The van der Waals surface area contributed by atoms with Crippen LogP contribution in [0.1, 0.15) is 25.0 Å². The van der Waals surface area contributed by atoms with Crippen molar-refractivity contribution < 1.29 is 0 Å². The Kier molecular flexibility index (Phi) is 2.49. The molecule has 1 aromatic carbocycles. The fraction of sp³-hybridized carbons (Fsp3) is 0.357. The van der Waals surface area contributed by atoms with Gasteiger partial charge < -0.3 is 0 Å². The van der Waals surface area contributed by atoms with Crippen molar-refractivity contribution in [3.8, 4) is 11.1 Å². The SMILES string of the molecule is c1ccc(-c2cnn3c2CCCCC3)cc1. The summed E-state index contributed by atoms with van der Waals surface area (Å²) < 4.78 is 2.19. The van der Waals surface area contributed by atoms with Crippen molar-refractivity contribution in [2.75, 3.05) is 0 Å². The summed E-state index contributed by atoms with van der Waals surface area (Å²) in [7, 11) is 0. The van der Waals surface area contributed by atoms with Crippen LogP contribution in [0.5, 0.6) is 0 Å². The van der Waals surface area contributed by atoms with Gasteiger partial charge in [0.2, 0.25) is 0 Å². The van der Waals surface area contributed by atoms with Crippen LogP contribution in [0.25, 0.3) is 11.1 Å². The van der Waals surface area contributed by atoms with E-state index in [1.165, 1.54) is 42.5 Å². The lowest BCUT2D eigenvalue weighted by Crippen LogP contribution is -2.02. The van der Waals surface area contributed by atoms with E-state index in [9.17, 15) is 0 Å². The monoisotopic (exact) mass is 212 g/mol. The lowest BCUT2D eigenvalue weighted by Gasteiger charge is -2.05. The van der Waals surface area contributed by atoms with Gasteiger partial charge in [-0.25, -0.2) is 0 Å². The number of aromatic nitrogens is 2. The molecule has 1 aliphatic heterocycles. The Bertz CT molecular complexity index is 471. The van der Waals surface area contributed by atoms with E-state index in [1.807, 2.05) is 6.20 Å². The highest BCUT2D eigenvalue weighted by Gasteiger charge is 2.14. The molecule has 2 nitrogen and oxygen atoms in total. The van der Waals surface area contributed by atoms with Crippen molar-refractivity contribution in [2.24, 2.45) is 0 Å². The molecule has 0 aliphatic carbocycles. The topological polar surface area (TPSA) is 17.8 Å². The molecule has 0 saturated carbocycles. The maximum Gasteiger partial charge on any atom is 0.0571 e. The first kappa shape index (κ1) is 9.64. The number of fused-ring (bicyclic) bond motifs is 1. The first-order valence-electron chi connectivity index (χ1n) is 6.05. The second kappa shape index (κ2) is 4.12. The Labute approximate surface area is 95.9 Å². The summed E-state index contributed by atoms with van der Waals surface area (Å²) in [6.07, 6.45) is 7.09. The zero-order valence-electron chi connectivity index (χ0n) is 9.39. The van der Waals surface area contributed by atoms with E-state index in [4.69, 9.17) is 0 Å². The molecule has 0 fully saturated rings. The van der Waals surface area contributed by atoms with Gasteiger partial charge in [-0.15, -0.1) is 0 Å². The van der Waals surface area contributed by atoms with Crippen LogP contribution in [0.4, 0.5) is 0 Å². The molecule has 1 aromatic heterocycles. The van der Waals surface area contributed by atoms with Gasteiger partial charge in [-0.2, -0.15) is 5.10 Å². The predicted octanol–water partition coefficient (Wildman–Crippen LogP) is 3.28. The minimum absolute atomic E-state index is 1.09. The molecule has 16 heavy (non-hydrogen) atoms. The first-order chi connectivity index (χ1) is 7.95. The van der Waals surface area contributed by atoms with Crippen molar-refractivity contribution in [1.82, 2.24) is 9.78 Å². The third kappa shape index (κ3) is 1.64. The van der Waals surface area contributed by atoms with E-state index in [0.29, 0.717) is 0 Å². The average molecular weight is 212 g/mol. The molecule has 0 atom stereocenters. The van der Waals surface area contributed by atoms with E-state index in [0.717, 1.165) is 6.54 Å². The molecule has 0 unspecified atom stereocenters. The van der Waals surface area contributed by atoms with E-state index < -0.39 is 0 Å². The molecule has 82 valence electrons. The fourth-order valence-electron chi connectivity index (χ4n) is 2.46. The van der Waals surface area contributed by atoms with E-state index in [2.05, 4.69) is 40.1 Å². The van der Waals surface area contributed by atoms with Crippen LogP contribution >= 0.6 is 0 Å². The van der Waals surface area contributed by atoms with Crippen LogP contribution in [0.2, 0.25) is 0 Å². The normalized spacial score (nSPS) is 15.5. The van der Waals surface area contributed by atoms with Gasteiger partial charge in [0.1, 0.15) is 0 Å². The summed E-state index contributed by atoms with van der Waals surface area (Å²) in [5, 5.41) is 4.51. The summed E-state index contributed by atoms with van der Waals surface area (Å²) in [4.78, 5) is 0. The number of benzene rings is 1. The van der Waals surface area contributed by atoms with Crippen molar-refractivity contribution in [2.45, 2.75) is 32.2 Å². The van der Waals surface area contributed by atoms with Gasteiger partial charge in [0, 0.05) is 17.8 Å². The van der Waals surface area contributed by atoms with Crippen molar-refractivity contribution >= 4 is 0 Å². The van der Waals surface area contributed by atoms with Crippen LogP contribution in [-0.2, 0) is 13.0 Å². The van der Waals surface area contributed by atoms with Gasteiger partial charge in [-0.3, -0.25) is 4.68 Å². The number of hydrogen-bond acceptors (Lipinski definition) is 1. The molecule has 0 spiro atoms. The largest absolute Gasteiger partial charge is 0.269 e. The fourth-order valence-corrected chi connectivity index (χ4v) is 2.46.